The highest BCUT2D eigenvalue weighted by molar-refractivity contribution is 7.13. The zero-order chi connectivity index (χ0) is 13.3. The van der Waals surface area contributed by atoms with Gasteiger partial charge in [0.25, 0.3) is 0 Å². The zero-order valence-corrected chi connectivity index (χ0v) is 12.0. The quantitative estimate of drug-likeness (QED) is 0.771. The molecule has 2 rings (SSSR count). The summed E-state index contributed by atoms with van der Waals surface area (Å²) < 4.78 is 10.5. The molecule has 1 aromatic rings. The Bertz CT molecular complexity index is 443. The van der Waals surface area contributed by atoms with Gasteiger partial charge in [0.2, 0.25) is 0 Å². The average Bonchev–Trinajstić information content (AvgIpc) is 2.91. The van der Waals surface area contributed by atoms with Gasteiger partial charge in [-0.05, 0) is 32.1 Å². The van der Waals surface area contributed by atoms with E-state index in [-0.39, 0.29) is 12.1 Å². The number of ether oxygens (including phenoxy) is 2. The van der Waals surface area contributed by atoms with Crippen molar-refractivity contribution < 1.29 is 14.3 Å². The van der Waals surface area contributed by atoms with Gasteiger partial charge in [0, 0.05) is 7.11 Å². The molecule has 0 N–H and O–H groups in total. The van der Waals surface area contributed by atoms with Crippen LogP contribution >= 0.6 is 11.3 Å². The van der Waals surface area contributed by atoms with E-state index in [2.05, 4.69) is 11.9 Å². The molecule has 100 valence electrons. The number of aromatic nitrogens is 1. The Kier molecular flexibility index (Phi) is 4.02. The lowest BCUT2D eigenvalue weighted by Crippen LogP contribution is -2.07. The lowest BCUT2D eigenvalue weighted by Gasteiger charge is -2.03. The zero-order valence-electron chi connectivity index (χ0n) is 11.2. The molecule has 0 amide bonds. The third-order valence-corrected chi connectivity index (χ3v) is 4.70. The molecule has 0 bridgehead atoms. The van der Waals surface area contributed by atoms with Crippen molar-refractivity contribution in [3.63, 3.8) is 0 Å². The predicted molar refractivity (Wildman–Crippen MR) is 69.8 cm³/mol. The fourth-order valence-electron chi connectivity index (χ4n) is 1.76. The van der Waals surface area contributed by atoms with Crippen LogP contribution < -0.4 is 0 Å². The van der Waals surface area contributed by atoms with E-state index < -0.39 is 0 Å². The Labute approximate surface area is 111 Å². The SMILES string of the molecule is CO[C@H](C)c1nc(C)c(C(=O)OC[C@@H]2C[C@@H]2C)s1. The van der Waals surface area contributed by atoms with Crippen molar-refractivity contribution in [3.05, 3.63) is 15.6 Å². The molecule has 1 aliphatic carbocycles. The van der Waals surface area contributed by atoms with Crippen molar-refractivity contribution in [1.29, 1.82) is 0 Å². The van der Waals surface area contributed by atoms with Crippen LogP contribution in [-0.2, 0) is 9.47 Å². The Morgan fingerprint density at radius 3 is 2.83 bits per heavy atom. The number of carbonyl (C=O) groups excluding carboxylic acids is 1. The van der Waals surface area contributed by atoms with Gasteiger partial charge in [0.05, 0.1) is 12.3 Å². The third kappa shape index (κ3) is 2.90. The van der Waals surface area contributed by atoms with E-state index in [0.29, 0.717) is 23.3 Å². The molecule has 18 heavy (non-hydrogen) atoms. The number of methoxy groups -OCH3 is 1. The van der Waals surface area contributed by atoms with Crippen LogP contribution in [-0.4, -0.2) is 24.7 Å². The highest BCUT2D eigenvalue weighted by Crippen LogP contribution is 2.38. The normalized spacial score (nSPS) is 23.8. The summed E-state index contributed by atoms with van der Waals surface area (Å²) in [6.07, 6.45) is 1.08. The largest absolute Gasteiger partial charge is 0.461 e. The van der Waals surface area contributed by atoms with Gasteiger partial charge in [-0.3, -0.25) is 0 Å². The Hall–Kier alpha value is -0.940. The minimum absolute atomic E-state index is 0.0845. The molecule has 1 aromatic heterocycles. The molecule has 0 saturated heterocycles. The van der Waals surface area contributed by atoms with E-state index in [1.54, 1.807) is 7.11 Å². The van der Waals surface area contributed by atoms with E-state index >= 15 is 0 Å². The van der Waals surface area contributed by atoms with Gasteiger partial charge in [0.1, 0.15) is 16.0 Å². The van der Waals surface area contributed by atoms with Gasteiger partial charge in [-0.25, -0.2) is 9.78 Å². The topological polar surface area (TPSA) is 48.4 Å². The van der Waals surface area contributed by atoms with Gasteiger partial charge >= 0.3 is 5.97 Å². The molecular formula is C13H19NO3S. The lowest BCUT2D eigenvalue weighted by molar-refractivity contribution is 0.0486. The predicted octanol–water partition coefficient (Wildman–Crippen LogP) is 2.97. The van der Waals surface area contributed by atoms with Crippen LogP contribution in [0.5, 0.6) is 0 Å². The molecule has 0 aliphatic heterocycles. The van der Waals surface area contributed by atoms with Crippen LogP contribution in [0.25, 0.3) is 0 Å². The molecule has 0 unspecified atom stereocenters. The standard InChI is InChI=1S/C13H19NO3S/c1-7-5-10(7)6-17-13(15)11-8(2)14-12(18-11)9(3)16-4/h7,9-10H,5-6H2,1-4H3/t7-,9+,10-/m0/s1. The van der Waals surface area contributed by atoms with Crippen molar-refractivity contribution in [1.82, 2.24) is 4.98 Å². The fraction of sp³-hybridized carbons (Fsp3) is 0.692. The van der Waals surface area contributed by atoms with E-state index in [1.807, 2.05) is 13.8 Å². The van der Waals surface area contributed by atoms with E-state index in [1.165, 1.54) is 17.8 Å². The lowest BCUT2D eigenvalue weighted by atomic mass is 10.3. The molecule has 4 nitrogen and oxygen atoms in total. The highest BCUT2D eigenvalue weighted by Gasteiger charge is 2.34. The van der Waals surface area contributed by atoms with Gasteiger partial charge in [-0.1, -0.05) is 6.92 Å². The van der Waals surface area contributed by atoms with Gasteiger partial charge in [0.15, 0.2) is 0 Å². The van der Waals surface area contributed by atoms with Crippen molar-refractivity contribution in [2.75, 3.05) is 13.7 Å². The Balaban J connectivity index is 1.98. The van der Waals surface area contributed by atoms with E-state index in [0.717, 1.165) is 10.7 Å². The average molecular weight is 269 g/mol. The number of nitrogens with zero attached hydrogens (tertiary/aromatic N) is 1. The summed E-state index contributed by atoms with van der Waals surface area (Å²) in [4.78, 5) is 16.9. The number of carbonyl (C=O) groups is 1. The Morgan fingerprint density at radius 2 is 2.28 bits per heavy atom. The number of hydrogen-bond acceptors (Lipinski definition) is 5. The molecule has 1 heterocycles. The minimum atomic E-state index is -0.251. The van der Waals surface area contributed by atoms with Gasteiger partial charge in [-0.2, -0.15) is 0 Å². The maximum absolute atomic E-state index is 11.9. The van der Waals surface area contributed by atoms with Crippen LogP contribution in [0.2, 0.25) is 0 Å². The molecule has 1 saturated carbocycles. The number of rotatable bonds is 5. The monoisotopic (exact) mass is 269 g/mol. The van der Waals surface area contributed by atoms with Crippen molar-refractivity contribution in [2.45, 2.75) is 33.3 Å². The smallest absolute Gasteiger partial charge is 0.350 e. The Morgan fingerprint density at radius 1 is 1.61 bits per heavy atom. The van der Waals surface area contributed by atoms with Crippen LogP contribution in [0.1, 0.15) is 46.7 Å². The first-order valence-corrected chi connectivity index (χ1v) is 7.01. The van der Waals surface area contributed by atoms with Crippen molar-refractivity contribution in [3.8, 4) is 0 Å². The summed E-state index contributed by atoms with van der Waals surface area (Å²) in [5.74, 6) is 1.00. The van der Waals surface area contributed by atoms with E-state index in [9.17, 15) is 4.79 Å². The molecule has 0 spiro atoms. The second-order valence-electron chi connectivity index (χ2n) is 4.92. The summed E-state index contributed by atoms with van der Waals surface area (Å²) in [7, 11) is 1.63. The van der Waals surface area contributed by atoms with Crippen molar-refractivity contribution >= 4 is 17.3 Å². The molecule has 0 radical (unpaired) electrons. The first-order chi connectivity index (χ1) is 8.52. The molecule has 1 aliphatic rings. The summed E-state index contributed by atoms with van der Waals surface area (Å²) in [6.45, 7) is 6.46. The van der Waals surface area contributed by atoms with Crippen LogP contribution in [0, 0.1) is 18.8 Å². The van der Waals surface area contributed by atoms with Crippen LogP contribution in [0.3, 0.4) is 0 Å². The minimum Gasteiger partial charge on any atom is -0.461 e. The number of aryl methyl sites for hydroxylation is 1. The fourth-order valence-corrected chi connectivity index (χ4v) is 2.75. The van der Waals surface area contributed by atoms with Crippen LogP contribution in [0.4, 0.5) is 0 Å². The van der Waals surface area contributed by atoms with Crippen LogP contribution in [0.15, 0.2) is 0 Å². The molecule has 0 aromatic carbocycles. The summed E-state index contributed by atoms with van der Waals surface area (Å²) >= 11 is 1.36. The number of esters is 1. The van der Waals surface area contributed by atoms with Gasteiger partial charge in [-0.15, -0.1) is 11.3 Å². The first-order valence-electron chi connectivity index (χ1n) is 6.20. The molecule has 3 atom stereocenters. The second kappa shape index (κ2) is 5.36. The molecular weight excluding hydrogens is 250 g/mol. The second-order valence-corrected chi connectivity index (χ2v) is 5.95. The van der Waals surface area contributed by atoms with Gasteiger partial charge < -0.3 is 9.47 Å². The maximum atomic E-state index is 11.9. The maximum Gasteiger partial charge on any atom is 0.350 e. The molecule has 5 heteroatoms. The summed E-state index contributed by atoms with van der Waals surface area (Å²) in [5, 5.41) is 0.821. The van der Waals surface area contributed by atoms with Crippen molar-refractivity contribution in [2.24, 2.45) is 11.8 Å². The first kappa shape index (κ1) is 13.5. The number of thiazole rings is 1. The highest BCUT2D eigenvalue weighted by atomic mass is 32.1. The summed E-state index contributed by atoms with van der Waals surface area (Å²) in [5.41, 5.74) is 0.729. The van der Waals surface area contributed by atoms with E-state index in [4.69, 9.17) is 9.47 Å². The molecule has 1 fully saturated rings. The number of hydrogen-bond donors (Lipinski definition) is 0. The summed E-state index contributed by atoms with van der Waals surface area (Å²) in [6, 6.07) is 0. The third-order valence-electron chi connectivity index (χ3n) is 3.40.